The zero-order valence-electron chi connectivity index (χ0n) is 21.3. The third-order valence-electron chi connectivity index (χ3n) is 6.31. The van der Waals surface area contributed by atoms with Gasteiger partial charge in [-0.1, -0.05) is 25.2 Å². The van der Waals surface area contributed by atoms with Gasteiger partial charge in [0.15, 0.2) is 5.13 Å². The Morgan fingerprint density at radius 2 is 1.97 bits per heavy atom. The molecular weight excluding hydrogens is 488 g/mol. The smallest absolute Gasteiger partial charge is 0.184 e. The summed E-state index contributed by atoms with van der Waals surface area (Å²) in [4.78, 5) is 11.6. The lowest BCUT2D eigenvalue weighted by Gasteiger charge is -2.26. The number of ether oxygens (including phenoxy) is 2. The highest BCUT2D eigenvalue weighted by atomic mass is 32.1. The van der Waals surface area contributed by atoms with E-state index < -0.39 is 0 Å². The molecule has 0 spiro atoms. The SMILES string of the molecule is CC(C)CC(CO)Nc1nc2ccc(Oc3ccnc(-c4cnn(CCN5CCOCC5)c4)c3)cc2s1. The van der Waals surface area contributed by atoms with Gasteiger partial charge in [0.2, 0.25) is 0 Å². The number of nitrogens with one attached hydrogen (secondary N) is 1. The predicted molar refractivity (Wildman–Crippen MR) is 146 cm³/mol. The Bertz CT molecular complexity index is 1300. The molecule has 1 unspecified atom stereocenters. The molecule has 4 aromatic rings. The number of aliphatic hydroxyl groups is 1. The summed E-state index contributed by atoms with van der Waals surface area (Å²) in [6, 6.07) is 9.67. The molecule has 196 valence electrons. The molecule has 10 heteroatoms. The van der Waals surface area contributed by atoms with Gasteiger partial charge in [-0.15, -0.1) is 0 Å². The molecule has 0 amide bonds. The van der Waals surface area contributed by atoms with Crippen molar-refractivity contribution in [3.05, 3.63) is 48.9 Å². The summed E-state index contributed by atoms with van der Waals surface area (Å²) in [5.74, 6) is 1.95. The number of anilines is 1. The van der Waals surface area contributed by atoms with E-state index in [0.29, 0.717) is 11.7 Å². The molecule has 0 aliphatic carbocycles. The summed E-state index contributed by atoms with van der Waals surface area (Å²) in [6.45, 7) is 9.72. The van der Waals surface area contributed by atoms with Crippen molar-refractivity contribution in [1.29, 1.82) is 0 Å². The molecule has 9 nitrogen and oxygen atoms in total. The first kappa shape index (κ1) is 25.6. The number of hydrogen-bond donors (Lipinski definition) is 2. The number of aromatic nitrogens is 4. The summed E-state index contributed by atoms with van der Waals surface area (Å²) >= 11 is 1.56. The van der Waals surface area contributed by atoms with Crippen molar-refractivity contribution in [1.82, 2.24) is 24.6 Å². The Labute approximate surface area is 221 Å². The van der Waals surface area contributed by atoms with E-state index in [1.807, 2.05) is 47.4 Å². The minimum absolute atomic E-state index is 0.00440. The quantitative estimate of drug-likeness (QED) is 0.297. The topological polar surface area (TPSA) is 97.6 Å². The van der Waals surface area contributed by atoms with Gasteiger partial charge in [0.25, 0.3) is 0 Å². The zero-order chi connectivity index (χ0) is 25.6. The summed E-state index contributed by atoms with van der Waals surface area (Å²) in [7, 11) is 0. The number of benzene rings is 1. The average Bonchev–Trinajstić information content (AvgIpc) is 3.54. The van der Waals surface area contributed by atoms with E-state index in [1.54, 1.807) is 17.5 Å². The molecule has 4 heterocycles. The van der Waals surface area contributed by atoms with Crippen molar-refractivity contribution in [2.24, 2.45) is 5.92 Å². The number of pyridine rings is 1. The lowest BCUT2D eigenvalue weighted by atomic mass is 10.0. The minimum Gasteiger partial charge on any atom is -0.457 e. The Hall–Kier alpha value is -3.05. The molecule has 3 aromatic heterocycles. The van der Waals surface area contributed by atoms with Crippen LogP contribution in [0.4, 0.5) is 5.13 Å². The second kappa shape index (κ2) is 12.0. The molecule has 1 fully saturated rings. The van der Waals surface area contributed by atoms with E-state index in [0.717, 1.165) is 78.2 Å². The van der Waals surface area contributed by atoms with Gasteiger partial charge < -0.3 is 19.9 Å². The lowest BCUT2D eigenvalue weighted by Crippen LogP contribution is -2.38. The molecule has 1 aromatic carbocycles. The minimum atomic E-state index is -0.00440. The Morgan fingerprint density at radius 3 is 2.78 bits per heavy atom. The van der Waals surface area contributed by atoms with Gasteiger partial charge in [-0.3, -0.25) is 14.6 Å². The van der Waals surface area contributed by atoms with Crippen LogP contribution < -0.4 is 10.1 Å². The first-order chi connectivity index (χ1) is 18.1. The van der Waals surface area contributed by atoms with Gasteiger partial charge in [0, 0.05) is 49.7 Å². The van der Waals surface area contributed by atoms with Crippen LogP contribution in [0.1, 0.15) is 20.3 Å². The van der Waals surface area contributed by atoms with Crippen LogP contribution in [0.5, 0.6) is 11.5 Å². The van der Waals surface area contributed by atoms with E-state index in [1.165, 1.54) is 0 Å². The summed E-state index contributed by atoms with van der Waals surface area (Å²) in [6.07, 6.45) is 6.52. The Kier molecular flexibility index (Phi) is 8.30. The van der Waals surface area contributed by atoms with Crippen molar-refractivity contribution >= 4 is 26.7 Å². The van der Waals surface area contributed by atoms with Gasteiger partial charge in [0.05, 0.1) is 54.5 Å². The molecular formula is C27H34N6O3S. The first-order valence-electron chi connectivity index (χ1n) is 12.8. The molecule has 1 saturated heterocycles. The number of nitrogens with zero attached hydrogens (tertiary/aromatic N) is 5. The highest BCUT2D eigenvalue weighted by Crippen LogP contribution is 2.32. The third-order valence-corrected chi connectivity index (χ3v) is 7.26. The van der Waals surface area contributed by atoms with Gasteiger partial charge in [-0.2, -0.15) is 5.10 Å². The van der Waals surface area contributed by atoms with Crippen molar-refractivity contribution < 1.29 is 14.6 Å². The Morgan fingerprint density at radius 1 is 1.14 bits per heavy atom. The van der Waals surface area contributed by atoms with Crippen LogP contribution in [0.25, 0.3) is 21.5 Å². The number of fused-ring (bicyclic) bond motifs is 1. The van der Waals surface area contributed by atoms with E-state index >= 15 is 0 Å². The summed E-state index contributed by atoms with van der Waals surface area (Å²) < 4.78 is 14.6. The average molecular weight is 523 g/mol. The largest absolute Gasteiger partial charge is 0.457 e. The monoisotopic (exact) mass is 522 g/mol. The van der Waals surface area contributed by atoms with E-state index in [-0.39, 0.29) is 12.6 Å². The number of thiazole rings is 1. The van der Waals surface area contributed by atoms with Gasteiger partial charge >= 0.3 is 0 Å². The molecule has 0 radical (unpaired) electrons. The fourth-order valence-electron chi connectivity index (χ4n) is 4.41. The maximum absolute atomic E-state index is 9.68. The molecule has 1 aliphatic heterocycles. The van der Waals surface area contributed by atoms with Crippen LogP contribution in [0.15, 0.2) is 48.9 Å². The number of morpholine rings is 1. The van der Waals surface area contributed by atoms with E-state index in [4.69, 9.17) is 9.47 Å². The molecule has 2 N–H and O–H groups in total. The zero-order valence-corrected chi connectivity index (χ0v) is 22.2. The van der Waals surface area contributed by atoms with Crippen LogP contribution in [0.2, 0.25) is 0 Å². The van der Waals surface area contributed by atoms with Crippen molar-refractivity contribution in [2.45, 2.75) is 32.9 Å². The normalized spacial score (nSPS) is 15.4. The van der Waals surface area contributed by atoms with Crippen LogP contribution in [-0.2, 0) is 11.3 Å². The highest BCUT2D eigenvalue weighted by Gasteiger charge is 2.14. The Balaban J connectivity index is 1.23. The summed E-state index contributed by atoms with van der Waals surface area (Å²) in [5.41, 5.74) is 2.68. The summed E-state index contributed by atoms with van der Waals surface area (Å²) in [5, 5.41) is 18.4. The predicted octanol–water partition coefficient (Wildman–Crippen LogP) is 4.50. The molecule has 0 saturated carbocycles. The first-order valence-corrected chi connectivity index (χ1v) is 13.6. The van der Waals surface area contributed by atoms with Gasteiger partial charge in [0.1, 0.15) is 11.5 Å². The van der Waals surface area contributed by atoms with E-state index in [2.05, 4.69) is 39.1 Å². The number of rotatable bonds is 11. The van der Waals surface area contributed by atoms with Gasteiger partial charge in [-0.05, 0) is 30.5 Å². The number of hydrogen-bond acceptors (Lipinski definition) is 9. The lowest BCUT2D eigenvalue weighted by molar-refractivity contribution is 0.0360. The molecule has 1 atom stereocenters. The van der Waals surface area contributed by atoms with Crippen LogP contribution in [-0.4, -0.2) is 75.3 Å². The van der Waals surface area contributed by atoms with Crippen molar-refractivity contribution in [3.8, 4) is 22.8 Å². The van der Waals surface area contributed by atoms with Crippen LogP contribution in [0, 0.1) is 5.92 Å². The maximum atomic E-state index is 9.68. The second-order valence-corrected chi connectivity index (χ2v) is 10.8. The fraction of sp³-hybridized carbons (Fsp3) is 0.444. The van der Waals surface area contributed by atoms with E-state index in [9.17, 15) is 5.11 Å². The molecule has 0 bridgehead atoms. The molecule has 37 heavy (non-hydrogen) atoms. The molecule has 5 rings (SSSR count). The third kappa shape index (κ3) is 6.84. The van der Waals surface area contributed by atoms with Crippen molar-refractivity contribution in [3.63, 3.8) is 0 Å². The fourth-order valence-corrected chi connectivity index (χ4v) is 5.38. The van der Waals surface area contributed by atoms with Crippen LogP contribution >= 0.6 is 11.3 Å². The molecule has 1 aliphatic rings. The van der Waals surface area contributed by atoms with Gasteiger partial charge in [-0.25, -0.2) is 4.98 Å². The second-order valence-electron chi connectivity index (χ2n) is 9.73. The maximum Gasteiger partial charge on any atom is 0.184 e. The number of aliphatic hydroxyl groups excluding tert-OH is 1. The van der Waals surface area contributed by atoms with Crippen LogP contribution in [0.3, 0.4) is 0 Å². The highest BCUT2D eigenvalue weighted by molar-refractivity contribution is 7.22. The standard InChI is InChI=1S/C27H34N6O3S/c1-19(2)13-21(18-34)30-27-31-24-4-3-22(15-26(24)37-27)36-23-5-6-28-25(14-23)20-16-29-33(17-20)8-7-32-9-11-35-12-10-32/h3-6,14-17,19,21,34H,7-13,18H2,1-2H3,(H,30,31). The van der Waals surface area contributed by atoms with Crippen molar-refractivity contribution in [2.75, 3.05) is 44.8 Å².